The van der Waals surface area contributed by atoms with Gasteiger partial charge < -0.3 is 10.1 Å². The van der Waals surface area contributed by atoms with E-state index in [4.69, 9.17) is 4.74 Å². The highest BCUT2D eigenvalue weighted by Crippen LogP contribution is 2.22. The molecule has 3 amide bonds. The molecule has 2 aromatic rings. The summed E-state index contributed by atoms with van der Waals surface area (Å²) in [5.74, 6) is -2.72. The molecule has 0 saturated carbocycles. The summed E-state index contributed by atoms with van der Waals surface area (Å²) >= 11 is 3.39. The van der Waals surface area contributed by atoms with Crippen LogP contribution in [0.4, 0.5) is 5.69 Å². The number of esters is 1. The van der Waals surface area contributed by atoms with Gasteiger partial charge in [-0.15, -0.1) is 0 Å². The summed E-state index contributed by atoms with van der Waals surface area (Å²) in [5, 5.41) is 3.83. The van der Waals surface area contributed by atoms with Crippen LogP contribution >= 0.6 is 15.9 Å². The van der Waals surface area contributed by atoms with Crippen LogP contribution in [0, 0.1) is 5.92 Å². The highest BCUT2D eigenvalue weighted by Gasteiger charge is 2.36. The second-order valence-electron chi connectivity index (χ2n) is 7.02. The number of rotatable bonds is 7. The summed E-state index contributed by atoms with van der Waals surface area (Å²) in [4.78, 5) is 48.9. The van der Waals surface area contributed by atoms with Crippen molar-refractivity contribution in [2.75, 3.05) is 18.5 Å². The van der Waals surface area contributed by atoms with E-state index in [9.17, 15) is 19.2 Å². The molecule has 0 unspecified atom stereocenters. The average Bonchev–Trinajstić information content (AvgIpc) is 3.14. The maximum Gasteiger partial charge on any atom is 0.311 e. The van der Waals surface area contributed by atoms with E-state index in [0.29, 0.717) is 11.3 Å². The van der Waals surface area contributed by atoms with Gasteiger partial charge in [-0.1, -0.05) is 41.1 Å². The summed E-state index contributed by atoms with van der Waals surface area (Å²) in [5.41, 5.74) is 4.49. The first kappa shape index (κ1) is 22.5. The third-order valence-electron chi connectivity index (χ3n) is 4.80. The molecule has 1 heterocycles. The topological polar surface area (TPSA) is 105 Å². The SMILES string of the molecule is CCc1cc(Br)ccc1NC(=O)COC(=O)[C@@H]1CC(=O)N(NC(=O)c2ccccc2)C1. The lowest BCUT2D eigenvalue weighted by molar-refractivity contribution is -0.151. The predicted molar refractivity (Wildman–Crippen MR) is 117 cm³/mol. The number of carbonyl (C=O) groups excluding carboxylic acids is 4. The van der Waals surface area contributed by atoms with Crippen LogP contribution in [0.3, 0.4) is 0 Å². The molecule has 1 atom stereocenters. The molecule has 3 rings (SSSR count). The Kier molecular flexibility index (Phi) is 7.41. The number of ether oxygens (including phenoxy) is 1. The van der Waals surface area contributed by atoms with Crippen molar-refractivity contribution in [3.8, 4) is 0 Å². The Balaban J connectivity index is 1.49. The molecule has 1 fully saturated rings. The van der Waals surface area contributed by atoms with Crippen LogP contribution < -0.4 is 10.7 Å². The molecule has 2 N–H and O–H groups in total. The van der Waals surface area contributed by atoms with Crippen LogP contribution in [-0.4, -0.2) is 41.9 Å². The molecule has 31 heavy (non-hydrogen) atoms. The van der Waals surface area contributed by atoms with E-state index >= 15 is 0 Å². The Hall–Kier alpha value is -3.20. The van der Waals surface area contributed by atoms with Crippen molar-refractivity contribution < 1.29 is 23.9 Å². The number of carbonyl (C=O) groups is 4. The monoisotopic (exact) mass is 487 g/mol. The predicted octanol–water partition coefficient (Wildman–Crippen LogP) is 2.69. The van der Waals surface area contributed by atoms with E-state index in [2.05, 4.69) is 26.7 Å². The van der Waals surface area contributed by atoms with Crippen molar-refractivity contribution in [2.45, 2.75) is 19.8 Å². The van der Waals surface area contributed by atoms with Crippen molar-refractivity contribution >= 4 is 45.3 Å². The lowest BCUT2D eigenvalue weighted by Crippen LogP contribution is -2.43. The number of hydrazine groups is 1. The molecule has 0 bridgehead atoms. The Labute approximate surface area is 188 Å². The Morgan fingerprint density at radius 1 is 1.16 bits per heavy atom. The molecule has 1 saturated heterocycles. The lowest BCUT2D eigenvalue weighted by atomic mass is 10.1. The fraction of sp³-hybridized carbons (Fsp3) is 0.273. The van der Waals surface area contributed by atoms with Gasteiger partial charge in [0.1, 0.15) is 0 Å². The smallest absolute Gasteiger partial charge is 0.311 e. The molecule has 1 aliphatic rings. The van der Waals surface area contributed by atoms with Crippen LogP contribution in [0.25, 0.3) is 0 Å². The van der Waals surface area contributed by atoms with Gasteiger partial charge in [0, 0.05) is 22.1 Å². The molecule has 162 valence electrons. The highest BCUT2D eigenvalue weighted by atomic mass is 79.9. The van der Waals surface area contributed by atoms with Crippen molar-refractivity contribution in [3.05, 3.63) is 64.1 Å². The number of benzene rings is 2. The van der Waals surface area contributed by atoms with E-state index in [1.807, 2.05) is 19.1 Å². The summed E-state index contributed by atoms with van der Waals surface area (Å²) < 4.78 is 6.00. The number of halogens is 1. The van der Waals surface area contributed by atoms with Crippen molar-refractivity contribution in [1.82, 2.24) is 10.4 Å². The normalized spacial score (nSPS) is 15.5. The molecular formula is C22H22BrN3O5. The number of amides is 3. The third kappa shape index (κ3) is 5.91. The van der Waals surface area contributed by atoms with Gasteiger partial charge in [-0.2, -0.15) is 0 Å². The van der Waals surface area contributed by atoms with E-state index in [1.54, 1.807) is 36.4 Å². The minimum atomic E-state index is -0.754. The number of hydrogen-bond acceptors (Lipinski definition) is 5. The summed E-state index contributed by atoms with van der Waals surface area (Å²) in [6, 6.07) is 13.9. The summed E-state index contributed by atoms with van der Waals surface area (Å²) in [6.45, 7) is 1.50. The van der Waals surface area contributed by atoms with Crippen molar-refractivity contribution in [2.24, 2.45) is 5.92 Å². The Bertz CT molecular complexity index is 996. The van der Waals surface area contributed by atoms with Gasteiger partial charge in [-0.25, -0.2) is 0 Å². The lowest BCUT2D eigenvalue weighted by Gasteiger charge is -2.17. The molecule has 0 radical (unpaired) electrons. The van der Waals surface area contributed by atoms with Crippen molar-refractivity contribution in [1.29, 1.82) is 0 Å². The third-order valence-corrected chi connectivity index (χ3v) is 5.29. The first-order valence-electron chi connectivity index (χ1n) is 9.78. The number of aryl methyl sites for hydroxylation is 1. The maximum absolute atomic E-state index is 12.3. The molecular weight excluding hydrogens is 466 g/mol. The Morgan fingerprint density at radius 2 is 1.90 bits per heavy atom. The van der Waals surface area contributed by atoms with Crippen LogP contribution in [0.2, 0.25) is 0 Å². The number of hydrogen-bond donors (Lipinski definition) is 2. The quantitative estimate of drug-likeness (QED) is 0.584. The van der Waals surface area contributed by atoms with Gasteiger partial charge in [-0.05, 0) is 42.3 Å². The van der Waals surface area contributed by atoms with Gasteiger partial charge in [0.05, 0.1) is 12.5 Å². The molecule has 0 spiro atoms. The standard InChI is InChI=1S/C22H22BrN3O5/c1-2-14-10-17(23)8-9-18(14)24-19(27)13-31-22(30)16-11-20(28)26(12-16)25-21(29)15-6-4-3-5-7-15/h3-10,16H,2,11-13H2,1H3,(H,24,27)(H,25,29)/t16-/m1/s1. The average molecular weight is 488 g/mol. The molecule has 1 aliphatic heterocycles. The van der Waals surface area contributed by atoms with Gasteiger partial charge >= 0.3 is 5.97 Å². The van der Waals surface area contributed by atoms with E-state index in [1.165, 1.54) is 0 Å². The van der Waals surface area contributed by atoms with E-state index < -0.39 is 36.2 Å². The van der Waals surface area contributed by atoms with Crippen LogP contribution in [-0.2, 0) is 25.5 Å². The second-order valence-corrected chi connectivity index (χ2v) is 7.94. The van der Waals surface area contributed by atoms with Gasteiger partial charge in [0.2, 0.25) is 5.91 Å². The Morgan fingerprint density at radius 3 is 2.61 bits per heavy atom. The van der Waals surface area contributed by atoms with Gasteiger partial charge in [0.25, 0.3) is 11.8 Å². The van der Waals surface area contributed by atoms with E-state index in [-0.39, 0.29) is 13.0 Å². The fourth-order valence-corrected chi connectivity index (χ4v) is 3.58. The number of nitrogens with one attached hydrogen (secondary N) is 2. The zero-order valence-corrected chi connectivity index (χ0v) is 18.5. The number of anilines is 1. The van der Waals surface area contributed by atoms with Crippen molar-refractivity contribution in [3.63, 3.8) is 0 Å². The first-order chi connectivity index (χ1) is 14.9. The molecule has 2 aromatic carbocycles. The largest absolute Gasteiger partial charge is 0.455 e. The summed E-state index contributed by atoms with van der Waals surface area (Å²) in [6.07, 6.45) is 0.631. The minimum absolute atomic E-state index is 0.00937. The molecule has 8 nitrogen and oxygen atoms in total. The molecule has 0 aliphatic carbocycles. The van der Waals surface area contributed by atoms with Gasteiger partial charge in [0.15, 0.2) is 6.61 Å². The van der Waals surface area contributed by atoms with Crippen LogP contribution in [0.5, 0.6) is 0 Å². The zero-order valence-electron chi connectivity index (χ0n) is 16.9. The zero-order chi connectivity index (χ0) is 22.4. The van der Waals surface area contributed by atoms with Crippen LogP contribution in [0.1, 0.15) is 29.3 Å². The van der Waals surface area contributed by atoms with E-state index in [0.717, 1.165) is 21.5 Å². The van der Waals surface area contributed by atoms with Crippen LogP contribution in [0.15, 0.2) is 53.0 Å². The summed E-state index contributed by atoms with van der Waals surface area (Å²) in [7, 11) is 0. The highest BCUT2D eigenvalue weighted by molar-refractivity contribution is 9.10. The second kappa shape index (κ2) is 10.2. The maximum atomic E-state index is 12.3. The first-order valence-corrected chi connectivity index (χ1v) is 10.6. The number of nitrogens with zero attached hydrogens (tertiary/aromatic N) is 1. The molecule has 0 aromatic heterocycles. The van der Waals surface area contributed by atoms with Gasteiger partial charge in [-0.3, -0.25) is 29.6 Å². The fourth-order valence-electron chi connectivity index (χ4n) is 3.17. The molecule has 9 heteroatoms. The minimum Gasteiger partial charge on any atom is -0.455 e.